The van der Waals surface area contributed by atoms with Gasteiger partial charge in [-0.1, -0.05) is 12.1 Å². The van der Waals surface area contributed by atoms with E-state index in [1.807, 2.05) is 48.5 Å². The summed E-state index contributed by atoms with van der Waals surface area (Å²) in [5.41, 5.74) is 2.50. The summed E-state index contributed by atoms with van der Waals surface area (Å²) in [4.78, 5) is 11.7. The predicted molar refractivity (Wildman–Crippen MR) is 64.3 cm³/mol. The molecule has 1 heterocycles. The third-order valence-electron chi connectivity index (χ3n) is 2.65. The molecule has 0 bridgehead atoms. The first-order chi connectivity index (χ1) is 8.34. The Hall–Kier alpha value is -2.42. The van der Waals surface area contributed by atoms with Gasteiger partial charge in [-0.2, -0.15) is 30.3 Å². The van der Waals surface area contributed by atoms with Crippen LogP contribution < -0.4 is 10.2 Å². The molecule has 84 valence electrons. The van der Waals surface area contributed by atoms with E-state index >= 15 is 0 Å². The van der Waals surface area contributed by atoms with Gasteiger partial charge < -0.3 is 0 Å². The monoisotopic (exact) mass is 222 g/mol. The molecular weight excluding hydrogens is 212 g/mol. The first-order valence-electron chi connectivity index (χ1n) is 5.39. The van der Waals surface area contributed by atoms with Crippen molar-refractivity contribution in [2.24, 2.45) is 0 Å². The molecule has 0 aliphatic heterocycles. The van der Waals surface area contributed by atoms with Gasteiger partial charge in [-0.15, -0.1) is 15.8 Å². The van der Waals surface area contributed by atoms with Crippen LogP contribution in [0.3, 0.4) is 0 Å². The quantitative estimate of drug-likeness (QED) is 0.487. The minimum atomic E-state index is -0.119. The van der Waals surface area contributed by atoms with Crippen LogP contribution in [0.5, 0.6) is 0 Å². The summed E-state index contributed by atoms with van der Waals surface area (Å²) in [6.07, 6.45) is 0. The first kappa shape index (κ1) is 9.78. The Morgan fingerprint density at radius 2 is 1.94 bits per heavy atom. The number of aromatic nitrogens is 2. The highest BCUT2D eigenvalue weighted by Crippen LogP contribution is 2.14. The van der Waals surface area contributed by atoms with E-state index in [-0.39, 0.29) is 5.56 Å². The molecule has 0 saturated heterocycles. The second-order valence-corrected chi connectivity index (χ2v) is 3.79. The van der Waals surface area contributed by atoms with Crippen LogP contribution in [-0.2, 0) is 0 Å². The van der Waals surface area contributed by atoms with Crippen LogP contribution in [0, 0.1) is 0 Å². The molecule has 0 fully saturated rings. The van der Waals surface area contributed by atoms with Crippen molar-refractivity contribution in [2.75, 3.05) is 0 Å². The average Bonchev–Trinajstić information content (AvgIpc) is 3.03. The summed E-state index contributed by atoms with van der Waals surface area (Å²) >= 11 is 0. The Morgan fingerprint density at radius 1 is 1.12 bits per heavy atom. The fraction of sp³-hybridized carbons (Fsp3) is 0. The second-order valence-electron chi connectivity index (χ2n) is 3.79. The molecule has 2 aromatic carbocycles. The topological polar surface area (TPSA) is 33.8 Å². The Morgan fingerprint density at radius 3 is 2.65 bits per heavy atom. The first-order valence-corrected chi connectivity index (χ1v) is 5.39. The summed E-state index contributed by atoms with van der Waals surface area (Å²) in [7, 11) is 0. The number of rotatable bonds is 2. The van der Waals surface area contributed by atoms with Gasteiger partial charge in [-0.25, -0.2) is 17.7 Å². The smallest absolute Gasteiger partial charge is 0.286 e. The fourth-order valence-electron chi connectivity index (χ4n) is 1.80. The molecule has 1 aromatic heterocycles. The van der Waals surface area contributed by atoms with Crippen LogP contribution in [-0.4, -0.2) is 5.10 Å². The fourth-order valence-corrected chi connectivity index (χ4v) is 1.80. The van der Waals surface area contributed by atoms with Crippen molar-refractivity contribution in [3.8, 4) is 16.9 Å². The Balaban J connectivity index is 2.17. The van der Waals surface area contributed by atoms with Gasteiger partial charge in [0, 0.05) is 0 Å². The van der Waals surface area contributed by atoms with E-state index in [2.05, 4.69) is 5.10 Å². The van der Waals surface area contributed by atoms with Crippen LogP contribution in [0.1, 0.15) is 0 Å². The maximum atomic E-state index is 11.7. The highest BCUT2D eigenvalue weighted by Gasteiger charge is 2.01. The van der Waals surface area contributed by atoms with Gasteiger partial charge >= 0.3 is 0 Å². The van der Waals surface area contributed by atoms with Crippen molar-refractivity contribution in [2.45, 2.75) is 0 Å². The maximum absolute atomic E-state index is 11.7. The largest absolute Gasteiger partial charge is 0.290 e. The molecule has 3 nitrogen and oxygen atoms in total. The third-order valence-corrected chi connectivity index (χ3v) is 2.65. The van der Waals surface area contributed by atoms with Crippen molar-refractivity contribution < 1.29 is 4.68 Å². The summed E-state index contributed by atoms with van der Waals surface area (Å²) in [6, 6.07) is 18.7. The second kappa shape index (κ2) is 3.87. The summed E-state index contributed by atoms with van der Waals surface area (Å²) in [5, 5.41) is 4.36. The van der Waals surface area contributed by atoms with Crippen molar-refractivity contribution in [3.05, 3.63) is 71.0 Å². The van der Waals surface area contributed by atoms with E-state index in [0.717, 1.165) is 16.9 Å². The lowest BCUT2D eigenvalue weighted by atomic mass is 10.2. The average molecular weight is 222 g/mol. The lowest BCUT2D eigenvalue weighted by Gasteiger charge is -2.10. The molecule has 0 aliphatic rings. The number of hydrogen-bond acceptors (Lipinski definition) is 2. The number of hydrogen-bond donors (Lipinski definition) is 0. The molecule has 0 atom stereocenters. The van der Waals surface area contributed by atoms with E-state index < -0.39 is 0 Å². The van der Waals surface area contributed by atoms with Crippen molar-refractivity contribution in [1.29, 1.82) is 0 Å². The molecule has 0 N–H and O–H groups in total. The van der Waals surface area contributed by atoms with Crippen molar-refractivity contribution in [3.63, 3.8) is 0 Å². The zero-order valence-corrected chi connectivity index (χ0v) is 9.08. The molecule has 0 radical (unpaired) electrons. The SMILES string of the molecule is O=c1cc[c-](-c2ccc[cH-]2)n[n+]1-[c-]1cccc1. The summed E-state index contributed by atoms with van der Waals surface area (Å²) < 4.78 is 1.42. The van der Waals surface area contributed by atoms with Crippen molar-refractivity contribution >= 4 is 0 Å². The van der Waals surface area contributed by atoms with Gasteiger partial charge in [-0.3, -0.25) is 4.79 Å². The molecule has 0 aliphatic carbocycles. The van der Waals surface area contributed by atoms with Gasteiger partial charge in [0.2, 0.25) is 0 Å². The highest BCUT2D eigenvalue weighted by molar-refractivity contribution is 5.58. The summed E-state index contributed by atoms with van der Waals surface area (Å²) in [6.45, 7) is 0. The normalized spacial score (nSPS) is 10.6. The lowest BCUT2D eigenvalue weighted by Crippen LogP contribution is -2.50. The van der Waals surface area contributed by atoms with E-state index in [4.69, 9.17) is 0 Å². The molecule has 3 rings (SSSR count). The van der Waals surface area contributed by atoms with Crippen molar-refractivity contribution in [1.82, 2.24) is 5.10 Å². The van der Waals surface area contributed by atoms with Gasteiger partial charge in [0.25, 0.3) is 5.56 Å². The Kier molecular flexibility index (Phi) is 2.22. The molecular formula is C14H10N2O-2. The Bertz CT molecular complexity index is 661. The molecule has 0 unspecified atom stereocenters. The number of nitrogens with zero attached hydrogens (tertiary/aromatic N) is 2. The zero-order chi connectivity index (χ0) is 11.7. The highest BCUT2D eigenvalue weighted by atomic mass is 16.1. The van der Waals surface area contributed by atoms with Gasteiger partial charge in [-0.05, 0) is 5.69 Å². The third kappa shape index (κ3) is 1.72. The molecule has 3 heteroatoms. The van der Waals surface area contributed by atoms with E-state index in [0.29, 0.717) is 0 Å². The minimum absolute atomic E-state index is 0.119. The minimum Gasteiger partial charge on any atom is -0.290 e. The lowest BCUT2D eigenvalue weighted by molar-refractivity contribution is -0.672. The zero-order valence-electron chi connectivity index (χ0n) is 9.08. The summed E-state index contributed by atoms with van der Waals surface area (Å²) in [5.74, 6) is 0. The maximum Gasteiger partial charge on any atom is 0.286 e. The van der Waals surface area contributed by atoms with Crippen LogP contribution in [0.15, 0.2) is 65.5 Å². The van der Waals surface area contributed by atoms with Crippen LogP contribution in [0.4, 0.5) is 0 Å². The molecule has 0 spiro atoms. The van der Waals surface area contributed by atoms with E-state index in [1.54, 1.807) is 12.1 Å². The van der Waals surface area contributed by atoms with E-state index in [9.17, 15) is 4.79 Å². The molecule has 17 heavy (non-hydrogen) atoms. The van der Waals surface area contributed by atoms with Gasteiger partial charge in [0.05, 0.1) is 0 Å². The molecule has 0 amide bonds. The Labute approximate surface area is 98.3 Å². The van der Waals surface area contributed by atoms with E-state index in [1.165, 1.54) is 4.68 Å². The van der Waals surface area contributed by atoms with Crippen LogP contribution >= 0.6 is 0 Å². The van der Waals surface area contributed by atoms with Gasteiger partial charge in [0.15, 0.2) is 0 Å². The standard InChI is InChI=1S/C14H10N2O/c17-14-10-9-13(11-5-1-2-6-11)15-16(14)12-7-3-4-8-12/h1-10H/q-2. The van der Waals surface area contributed by atoms with Crippen LogP contribution in [0.2, 0.25) is 0 Å². The molecule has 3 aromatic rings. The van der Waals surface area contributed by atoms with Gasteiger partial charge in [0.1, 0.15) is 5.69 Å². The van der Waals surface area contributed by atoms with Crippen LogP contribution in [0.25, 0.3) is 16.9 Å². The predicted octanol–water partition coefficient (Wildman–Crippen LogP) is 1.54. The molecule has 0 saturated carbocycles.